The zero-order valence-electron chi connectivity index (χ0n) is 14.6. The molecule has 0 bridgehead atoms. The van der Waals surface area contributed by atoms with E-state index in [9.17, 15) is 34.8 Å². The second-order valence-corrected chi connectivity index (χ2v) is 6.62. The van der Waals surface area contributed by atoms with Crippen LogP contribution in [0.3, 0.4) is 0 Å². The molecule has 1 aromatic carbocycles. The fourth-order valence-corrected chi connectivity index (χ4v) is 2.27. The molecule has 0 unspecified atom stereocenters. The lowest BCUT2D eigenvalue weighted by molar-refractivity contribution is -0.175. The quantitative estimate of drug-likeness (QED) is 0.359. The van der Waals surface area contributed by atoms with Gasteiger partial charge in [-0.15, -0.1) is 0 Å². The van der Waals surface area contributed by atoms with Crippen LogP contribution in [0.1, 0.15) is 12.5 Å². The molecule has 0 atom stereocenters. The molecule has 0 aliphatic heterocycles. The van der Waals surface area contributed by atoms with Gasteiger partial charge in [-0.05, 0) is 26.0 Å². The number of rotatable bonds is 8. The predicted molar refractivity (Wildman–Crippen MR) is 83.7 cm³/mol. The van der Waals surface area contributed by atoms with Crippen molar-refractivity contribution in [3.8, 4) is 0 Å². The summed E-state index contributed by atoms with van der Waals surface area (Å²) >= 11 is 0. The first-order chi connectivity index (χ1) is 12.3. The molecule has 0 aliphatic rings. The van der Waals surface area contributed by atoms with Crippen molar-refractivity contribution < 1.29 is 48.4 Å². The highest BCUT2D eigenvalue weighted by atomic mass is 32.2. The van der Waals surface area contributed by atoms with Crippen molar-refractivity contribution in [1.29, 1.82) is 0 Å². The van der Waals surface area contributed by atoms with E-state index in [2.05, 4.69) is 13.7 Å². The fourth-order valence-electron chi connectivity index (χ4n) is 1.38. The van der Waals surface area contributed by atoms with Crippen LogP contribution >= 0.6 is 0 Å². The van der Waals surface area contributed by atoms with E-state index in [1.165, 1.54) is 19.1 Å². The summed E-state index contributed by atoms with van der Waals surface area (Å²) in [5.74, 6) is 0. The normalized spacial score (nSPS) is 12.4. The highest BCUT2D eigenvalue weighted by Gasteiger charge is 2.27. The average Bonchev–Trinajstić information content (AvgIpc) is 2.52. The first-order valence-electron chi connectivity index (χ1n) is 7.52. The monoisotopic (exact) mass is 426 g/mol. The fraction of sp³-hybridized carbons (Fsp3) is 0.600. The van der Waals surface area contributed by atoms with Crippen molar-refractivity contribution in [2.45, 2.75) is 31.1 Å². The van der Waals surface area contributed by atoms with Gasteiger partial charge in [-0.2, -0.15) is 34.8 Å². The highest BCUT2D eigenvalue weighted by molar-refractivity contribution is 7.86. The molecular formula is C15H20F6O5S. The molecule has 0 spiro atoms. The maximum Gasteiger partial charge on any atom is 0.411 e. The Bertz CT molecular complexity index is 626. The minimum atomic E-state index is -4.43. The van der Waals surface area contributed by atoms with Gasteiger partial charge in [0.1, 0.15) is 13.2 Å². The third-order valence-corrected chi connectivity index (χ3v) is 3.84. The van der Waals surface area contributed by atoms with Crippen LogP contribution in [0.5, 0.6) is 0 Å². The maximum absolute atomic E-state index is 11.7. The van der Waals surface area contributed by atoms with Gasteiger partial charge in [-0.3, -0.25) is 4.18 Å². The summed E-state index contributed by atoms with van der Waals surface area (Å²) in [7, 11) is -3.95. The summed E-state index contributed by atoms with van der Waals surface area (Å²) in [6.45, 7) is -0.0607. The van der Waals surface area contributed by atoms with Gasteiger partial charge in [0, 0.05) is 6.61 Å². The molecule has 0 aliphatic carbocycles. The van der Waals surface area contributed by atoms with Crippen LogP contribution in [-0.4, -0.2) is 53.8 Å². The van der Waals surface area contributed by atoms with Crippen molar-refractivity contribution in [2.75, 3.05) is 33.0 Å². The second kappa shape index (κ2) is 11.5. The number of benzene rings is 1. The lowest BCUT2D eigenvalue weighted by Gasteiger charge is -2.08. The Balaban J connectivity index is 0.000000713. The van der Waals surface area contributed by atoms with E-state index in [1.54, 1.807) is 19.1 Å². The van der Waals surface area contributed by atoms with Crippen LogP contribution in [0, 0.1) is 6.92 Å². The van der Waals surface area contributed by atoms with Gasteiger partial charge in [0.25, 0.3) is 10.1 Å². The molecule has 1 aromatic rings. The van der Waals surface area contributed by atoms with Crippen LogP contribution < -0.4 is 0 Å². The van der Waals surface area contributed by atoms with Crippen LogP contribution in [0.2, 0.25) is 0 Å². The van der Waals surface area contributed by atoms with Gasteiger partial charge in [-0.1, -0.05) is 17.7 Å². The van der Waals surface area contributed by atoms with Gasteiger partial charge < -0.3 is 9.47 Å². The summed E-state index contributed by atoms with van der Waals surface area (Å²) in [6.07, 6.45) is -8.61. The third kappa shape index (κ3) is 14.4. The molecule has 5 nitrogen and oxygen atoms in total. The molecule has 0 amide bonds. The summed E-state index contributed by atoms with van der Waals surface area (Å²) in [5, 5.41) is 0. The summed E-state index contributed by atoms with van der Waals surface area (Å²) in [4.78, 5) is -0.0473. The number of alkyl halides is 6. The largest absolute Gasteiger partial charge is 0.411 e. The Morgan fingerprint density at radius 2 is 1.33 bits per heavy atom. The van der Waals surface area contributed by atoms with E-state index in [-0.39, 0.29) is 11.5 Å². The smallest absolute Gasteiger partial charge is 0.372 e. The molecule has 0 N–H and O–H groups in total. The summed E-state index contributed by atoms with van der Waals surface area (Å²) in [6, 6.07) is 5.91. The van der Waals surface area contributed by atoms with E-state index in [4.69, 9.17) is 0 Å². The summed E-state index contributed by atoms with van der Waals surface area (Å²) < 4.78 is 105. The zero-order chi connectivity index (χ0) is 21.1. The van der Waals surface area contributed by atoms with Crippen LogP contribution in [0.4, 0.5) is 26.3 Å². The maximum atomic E-state index is 11.7. The van der Waals surface area contributed by atoms with Gasteiger partial charge in [0.05, 0.1) is 18.1 Å². The van der Waals surface area contributed by atoms with Crippen molar-refractivity contribution in [3.63, 3.8) is 0 Å². The average molecular weight is 426 g/mol. The SMILES string of the molecule is CCOCC(F)(F)F.Cc1ccc(S(=O)(=O)OCCOCC(F)(F)F)cc1. The Kier molecular flexibility index (Phi) is 10.9. The van der Waals surface area contributed by atoms with Gasteiger partial charge in [0.15, 0.2) is 0 Å². The predicted octanol–water partition coefficient (Wildman–Crippen LogP) is 3.86. The van der Waals surface area contributed by atoms with Crippen molar-refractivity contribution in [2.24, 2.45) is 0 Å². The van der Waals surface area contributed by atoms with E-state index in [0.29, 0.717) is 0 Å². The molecule has 12 heteroatoms. The Labute approximate surface area is 153 Å². The van der Waals surface area contributed by atoms with Crippen molar-refractivity contribution >= 4 is 10.1 Å². The molecule has 0 aromatic heterocycles. The Morgan fingerprint density at radius 1 is 0.852 bits per heavy atom. The minimum absolute atomic E-state index is 0.0473. The number of ether oxygens (including phenoxy) is 2. The zero-order valence-corrected chi connectivity index (χ0v) is 15.4. The van der Waals surface area contributed by atoms with Crippen LogP contribution in [0.15, 0.2) is 29.2 Å². The molecule has 158 valence electrons. The topological polar surface area (TPSA) is 61.8 Å². The van der Waals surface area contributed by atoms with E-state index < -0.39 is 48.9 Å². The lowest BCUT2D eigenvalue weighted by atomic mass is 10.2. The Morgan fingerprint density at radius 3 is 1.74 bits per heavy atom. The molecule has 1 rings (SSSR count). The van der Waals surface area contributed by atoms with Crippen LogP contribution in [0.25, 0.3) is 0 Å². The molecule has 27 heavy (non-hydrogen) atoms. The molecule has 0 radical (unpaired) electrons. The molecule has 0 heterocycles. The minimum Gasteiger partial charge on any atom is -0.372 e. The van der Waals surface area contributed by atoms with Crippen molar-refractivity contribution in [3.05, 3.63) is 29.8 Å². The lowest BCUT2D eigenvalue weighted by Crippen LogP contribution is -2.19. The Hall–Kier alpha value is -1.37. The highest BCUT2D eigenvalue weighted by Crippen LogP contribution is 2.15. The van der Waals surface area contributed by atoms with Gasteiger partial charge in [-0.25, -0.2) is 0 Å². The number of halogens is 6. The van der Waals surface area contributed by atoms with E-state index in [0.717, 1.165) is 5.56 Å². The molecule has 0 saturated carbocycles. The van der Waals surface area contributed by atoms with Crippen LogP contribution in [-0.2, 0) is 23.8 Å². The standard InChI is InChI=1S/C11H13F3O4S.C4H7F3O/c1-9-2-4-10(5-3-9)19(15,16)18-7-6-17-8-11(12,13)14;1-2-8-3-4(5,6)7/h2-5H,6-8H2,1H3;2-3H2,1H3. The molecule has 0 fully saturated rings. The number of hydrogen-bond acceptors (Lipinski definition) is 5. The second-order valence-electron chi connectivity index (χ2n) is 5.01. The first-order valence-corrected chi connectivity index (χ1v) is 8.93. The number of hydrogen-bond donors (Lipinski definition) is 0. The van der Waals surface area contributed by atoms with E-state index >= 15 is 0 Å². The van der Waals surface area contributed by atoms with Gasteiger partial charge in [0.2, 0.25) is 0 Å². The molecule has 0 saturated heterocycles. The van der Waals surface area contributed by atoms with Gasteiger partial charge >= 0.3 is 12.4 Å². The summed E-state index contributed by atoms with van der Waals surface area (Å²) in [5.41, 5.74) is 0.882. The first kappa shape index (κ1) is 25.6. The van der Waals surface area contributed by atoms with E-state index in [1.807, 2.05) is 0 Å². The third-order valence-electron chi connectivity index (χ3n) is 2.51. The number of aryl methyl sites for hydroxylation is 1. The molecular weight excluding hydrogens is 406 g/mol. The van der Waals surface area contributed by atoms with Crippen molar-refractivity contribution in [1.82, 2.24) is 0 Å².